The Morgan fingerprint density at radius 1 is 1.44 bits per heavy atom. The molecule has 1 heterocycles. The fourth-order valence-electron chi connectivity index (χ4n) is 1.45. The second-order valence-electron chi connectivity index (χ2n) is 3.67. The first-order chi connectivity index (χ1) is 8.69. The van der Waals surface area contributed by atoms with Gasteiger partial charge in [0.25, 0.3) is 0 Å². The van der Waals surface area contributed by atoms with Gasteiger partial charge in [-0.3, -0.25) is 0 Å². The molecule has 0 saturated heterocycles. The zero-order chi connectivity index (χ0) is 13.0. The maximum Gasteiger partial charge on any atom is 0.124 e. The molecule has 2 N–H and O–H groups in total. The molecule has 2 rings (SSSR count). The van der Waals surface area contributed by atoms with E-state index in [4.69, 9.17) is 16.7 Å². The summed E-state index contributed by atoms with van der Waals surface area (Å²) in [6.07, 6.45) is 1.72. The largest absolute Gasteiger partial charge is 0.394 e. The van der Waals surface area contributed by atoms with Gasteiger partial charge in [-0.1, -0.05) is 16.8 Å². The van der Waals surface area contributed by atoms with Crippen LogP contribution in [0, 0.1) is 5.82 Å². The van der Waals surface area contributed by atoms with Crippen molar-refractivity contribution in [3.8, 4) is 0 Å². The highest BCUT2D eigenvalue weighted by atomic mass is 35.5. The van der Waals surface area contributed by atoms with Gasteiger partial charge in [-0.25, -0.2) is 9.07 Å². The molecule has 96 valence electrons. The average Bonchev–Trinajstić information content (AvgIpc) is 2.76. The number of hydrogen-bond donors (Lipinski definition) is 2. The van der Waals surface area contributed by atoms with E-state index < -0.39 is 0 Å². The standard InChI is InChI=1S/C11H12ClFN4O/c12-10-5-8(13)1-2-11(10)14-6-9-7-17(3-4-18)16-15-9/h1-2,5,7,14,18H,3-4,6H2. The number of nitrogens with one attached hydrogen (secondary N) is 1. The van der Waals surface area contributed by atoms with Crippen LogP contribution in [-0.2, 0) is 13.1 Å². The van der Waals surface area contributed by atoms with Crippen LogP contribution in [0.1, 0.15) is 5.69 Å². The van der Waals surface area contributed by atoms with Gasteiger partial charge < -0.3 is 10.4 Å². The van der Waals surface area contributed by atoms with E-state index in [2.05, 4.69) is 15.6 Å². The Morgan fingerprint density at radius 3 is 3.00 bits per heavy atom. The first kappa shape index (κ1) is 12.8. The predicted molar refractivity (Wildman–Crippen MR) is 65.8 cm³/mol. The summed E-state index contributed by atoms with van der Waals surface area (Å²) in [6.45, 7) is 0.848. The van der Waals surface area contributed by atoms with Crippen LogP contribution in [0.3, 0.4) is 0 Å². The lowest BCUT2D eigenvalue weighted by atomic mass is 10.3. The Kier molecular flexibility index (Phi) is 4.11. The summed E-state index contributed by atoms with van der Waals surface area (Å²) in [5.41, 5.74) is 1.35. The topological polar surface area (TPSA) is 63.0 Å². The maximum absolute atomic E-state index is 12.8. The van der Waals surface area contributed by atoms with Crippen LogP contribution in [0.2, 0.25) is 5.02 Å². The monoisotopic (exact) mass is 270 g/mol. The highest BCUT2D eigenvalue weighted by Gasteiger charge is 2.04. The number of rotatable bonds is 5. The minimum absolute atomic E-state index is 0.0139. The van der Waals surface area contributed by atoms with Gasteiger partial charge in [0.2, 0.25) is 0 Å². The molecule has 0 radical (unpaired) electrons. The van der Waals surface area contributed by atoms with Crippen molar-refractivity contribution in [2.75, 3.05) is 11.9 Å². The second kappa shape index (κ2) is 5.79. The van der Waals surface area contributed by atoms with Gasteiger partial charge in [-0.15, -0.1) is 5.10 Å². The number of halogens is 2. The van der Waals surface area contributed by atoms with E-state index in [9.17, 15) is 4.39 Å². The van der Waals surface area contributed by atoms with Gasteiger partial charge in [-0.2, -0.15) is 0 Å². The van der Waals surface area contributed by atoms with Gasteiger partial charge >= 0.3 is 0 Å². The third-order valence-electron chi connectivity index (χ3n) is 2.31. The zero-order valence-corrected chi connectivity index (χ0v) is 10.2. The fraction of sp³-hybridized carbons (Fsp3) is 0.273. The normalized spacial score (nSPS) is 10.6. The van der Waals surface area contributed by atoms with Crippen LogP contribution in [0.5, 0.6) is 0 Å². The van der Waals surface area contributed by atoms with E-state index in [0.717, 1.165) is 0 Å². The van der Waals surface area contributed by atoms with Crippen LogP contribution in [0.15, 0.2) is 24.4 Å². The summed E-state index contributed by atoms with van der Waals surface area (Å²) >= 11 is 5.87. The Bertz CT molecular complexity index is 532. The number of nitrogens with zero attached hydrogens (tertiary/aromatic N) is 3. The molecule has 1 aromatic carbocycles. The van der Waals surface area contributed by atoms with Gasteiger partial charge in [0, 0.05) is 0 Å². The van der Waals surface area contributed by atoms with Crippen LogP contribution < -0.4 is 5.32 Å². The van der Waals surface area contributed by atoms with E-state index >= 15 is 0 Å². The number of aliphatic hydroxyl groups excluding tert-OH is 1. The molecule has 7 heteroatoms. The van der Waals surface area contributed by atoms with Crippen molar-refractivity contribution in [3.63, 3.8) is 0 Å². The lowest BCUT2D eigenvalue weighted by molar-refractivity contribution is 0.268. The summed E-state index contributed by atoms with van der Waals surface area (Å²) < 4.78 is 14.4. The van der Waals surface area contributed by atoms with E-state index in [1.165, 1.54) is 12.1 Å². The van der Waals surface area contributed by atoms with Crippen molar-refractivity contribution in [2.24, 2.45) is 0 Å². The van der Waals surface area contributed by atoms with E-state index in [-0.39, 0.29) is 12.4 Å². The fourth-order valence-corrected chi connectivity index (χ4v) is 1.68. The quantitative estimate of drug-likeness (QED) is 0.868. The number of hydrogen-bond acceptors (Lipinski definition) is 4. The number of aromatic nitrogens is 3. The lowest BCUT2D eigenvalue weighted by Crippen LogP contribution is -2.02. The summed E-state index contributed by atoms with van der Waals surface area (Å²) in [4.78, 5) is 0. The highest BCUT2D eigenvalue weighted by molar-refractivity contribution is 6.33. The molecule has 0 aliphatic heterocycles. The van der Waals surface area contributed by atoms with Crippen molar-refractivity contribution < 1.29 is 9.50 Å². The van der Waals surface area contributed by atoms with Gasteiger partial charge in [0.1, 0.15) is 11.5 Å². The number of aliphatic hydroxyl groups is 1. The molecule has 0 bridgehead atoms. The molecule has 0 unspecified atom stereocenters. The Labute approximate surface area is 108 Å². The van der Waals surface area contributed by atoms with Crippen molar-refractivity contribution in [2.45, 2.75) is 13.1 Å². The van der Waals surface area contributed by atoms with Gasteiger partial charge in [0.15, 0.2) is 0 Å². The minimum Gasteiger partial charge on any atom is -0.394 e. The molecule has 2 aromatic rings. The molecule has 0 saturated carbocycles. The minimum atomic E-state index is -0.376. The van der Waals surface area contributed by atoms with Crippen LogP contribution >= 0.6 is 11.6 Å². The molecule has 0 spiro atoms. The molecule has 0 atom stereocenters. The zero-order valence-electron chi connectivity index (χ0n) is 9.48. The molecule has 0 amide bonds. The Hall–Kier alpha value is -1.66. The Balaban J connectivity index is 1.97. The van der Waals surface area contributed by atoms with Crippen molar-refractivity contribution in [1.29, 1.82) is 0 Å². The molecule has 1 aromatic heterocycles. The maximum atomic E-state index is 12.8. The van der Waals surface area contributed by atoms with Crippen molar-refractivity contribution in [1.82, 2.24) is 15.0 Å². The molecule has 0 aliphatic carbocycles. The molecular weight excluding hydrogens is 259 g/mol. The van der Waals surface area contributed by atoms with E-state index in [1.54, 1.807) is 16.9 Å². The SMILES string of the molecule is OCCn1cc(CNc2ccc(F)cc2Cl)nn1. The van der Waals surface area contributed by atoms with Crippen molar-refractivity contribution in [3.05, 3.63) is 40.9 Å². The summed E-state index contributed by atoms with van der Waals surface area (Å²) in [7, 11) is 0. The van der Waals surface area contributed by atoms with Crippen LogP contribution in [0.4, 0.5) is 10.1 Å². The molecule has 0 aliphatic rings. The van der Waals surface area contributed by atoms with Gasteiger partial charge in [-0.05, 0) is 18.2 Å². The van der Waals surface area contributed by atoms with E-state index in [1.807, 2.05) is 0 Å². The smallest absolute Gasteiger partial charge is 0.124 e. The number of benzene rings is 1. The lowest BCUT2D eigenvalue weighted by Gasteiger charge is -2.06. The average molecular weight is 271 g/mol. The van der Waals surface area contributed by atoms with Gasteiger partial charge in [0.05, 0.1) is 36.6 Å². The van der Waals surface area contributed by atoms with Crippen LogP contribution in [-0.4, -0.2) is 26.7 Å². The molecule has 5 nitrogen and oxygen atoms in total. The summed E-state index contributed by atoms with van der Waals surface area (Å²) in [5.74, 6) is -0.376. The first-order valence-electron chi connectivity index (χ1n) is 5.38. The van der Waals surface area contributed by atoms with Crippen LogP contribution in [0.25, 0.3) is 0 Å². The van der Waals surface area contributed by atoms with E-state index in [0.29, 0.717) is 29.5 Å². The summed E-state index contributed by atoms with van der Waals surface area (Å²) in [5, 5.41) is 19.8. The molecule has 18 heavy (non-hydrogen) atoms. The Morgan fingerprint density at radius 2 is 2.28 bits per heavy atom. The molecular formula is C11H12ClFN4O. The summed E-state index contributed by atoms with van der Waals surface area (Å²) in [6, 6.07) is 4.14. The third kappa shape index (κ3) is 3.18. The highest BCUT2D eigenvalue weighted by Crippen LogP contribution is 2.22. The predicted octanol–water partition coefficient (Wildman–Crippen LogP) is 1.68. The third-order valence-corrected chi connectivity index (χ3v) is 2.62. The first-order valence-corrected chi connectivity index (χ1v) is 5.75. The molecule has 0 fully saturated rings. The number of anilines is 1. The second-order valence-corrected chi connectivity index (χ2v) is 4.08. The van der Waals surface area contributed by atoms with Crippen molar-refractivity contribution >= 4 is 17.3 Å².